The van der Waals surface area contributed by atoms with Crippen LogP contribution < -0.4 is 10.9 Å². The molecule has 7 nitrogen and oxygen atoms in total. The highest BCUT2D eigenvalue weighted by molar-refractivity contribution is 5.87. The van der Waals surface area contributed by atoms with Crippen LogP contribution in [0.4, 0.5) is 5.82 Å². The van der Waals surface area contributed by atoms with Crippen LogP contribution in [-0.4, -0.2) is 24.5 Å². The van der Waals surface area contributed by atoms with Crippen LogP contribution in [0.15, 0.2) is 102 Å². The van der Waals surface area contributed by atoms with Crippen LogP contribution in [0.3, 0.4) is 0 Å². The van der Waals surface area contributed by atoms with Crippen LogP contribution in [0.25, 0.3) is 27.6 Å². The first-order valence-corrected chi connectivity index (χ1v) is 11.4. The van der Waals surface area contributed by atoms with E-state index in [1.807, 2.05) is 98.0 Å². The zero-order chi connectivity index (χ0) is 23.8. The lowest BCUT2D eigenvalue weighted by molar-refractivity contribution is 0.761. The Bertz CT molecular complexity index is 1710. The third-order valence-corrected chi connectivity index (χ3v) is 6.17. The molecule has 0 aliphatic carbocycles. The molecule has 6 aromatic rings. The highest BCUT2D eigenvalue weighted by Crippen LogP contribution is 2.30. The average Bonchev–Trinajstić information content (AvgIpc) is 3.38. The molecule has 0 aliphatic rings. The SMILES string of the molecule is Cc1cccc2nc(C(Nc3ncnc4[nH]ccc34)c3ccccc3)n(-c3ccccc3)c(=O)c12. The first-order valence-electron chi connectivity index (χ1n) is 11.4. The molecule has 3 aromatic heterocycles. The summed E-state index contributed by atoms with van der Waals surface area (Å²) in [5.41, 5.74) is 3.89. The minimum absolute atomic E-state index is 0.105. The molecule has 0 aliphatic heterocycles. The van der Waals surface area contributed by atoms with Gasteiger partial charge < -0.3 is 10.3 Å². The van der Waals surface area contributed by atoms with E-state index >= 15 is 0 Å². The Balaban J connectivity index is 1.66. The standard InChI is InChI=1S/C28H22N6O/c1-18-9-8-14-22-23(18)28(35)34(20-12-6-3-7-13-20)27(32-22)24(19-10-4-2-5-11-19)33-26-21-15-16-29-25(21)30-17-31-26/h2-17,24H,1H3,(H2,29,30,31,33). The van der Waals surface area contributed by atoms with Gasteiger partial charge in [0.05, 0.1) is 22.0 Å². The fourth-order valence-corrected chi connectivity index (χ4v) is 4.50. The van der Waals surface area contributed by atoms with Gasteiger partial charge in [-0.05, 0) is 42.3 Å². The van der Waals surface area contributed by atoms with Crippen LogP contribution in [-0.2, 0) is 0 Å². The smallest absolute Gasteiger partial charge is 0.266 e. The maximum Gasteiger partial charge on any atom is 0.266 e. The lowest BCUT2D eigenvalue weighted by Crippen LogP contribution is -2.29. The van der Waals surface area contributed by atoms with Gasteiger partial charge in [-0.15, -0.1) is 0 Å². The van der Waals surface area contributed by atoms with Gasteiger partial charge in [0.1, 0.15) is 29.7 Å². The molecule has 0 fully saturated rings. The van der Waals surface area contributed by atoms with E-state index in [4.69, 9.17) is 4.98 Å². The van der Waals surface area contributed by atoms with Gasteiger partial charge in [0.15, 0.2) is 0 Å². The number of fused-ring (bicyclic) bond motifs is 2. The number of nitrogens with one attached hydrogen (secondary N) is 2. The third kappa shape index (κ3) is 3.63. The van der Waals surface area contributed by atoms with Crippen molar-refractivity contribution >= 4 is 27.8 Å². The highest BCUT2D eigenvalue weighted by atomic mass is 16.1. The van der Waals surface area contributed by atoms with Crippen LogP contribution in [0.2, 0.25) is 0 Å². The number of para-hydroxylation sites is 1. The summed E-state index contributed by atoms with van der Waals surface area (Å²) in [5.74, 6) is 1.23. The van der Waals surface area contributed by atoms with E-state index in [9.17, 15) is 4.79 Å². The molecule has 6 rings (SSSR count). The molecule has 0 saturated heterocycles. The zero-order valence-electron chi connectivity index (χ0n) is 19.0. The Kier molecular flexibility index (Phi) is 5.07. The van der Waals surface area contributed by atoms with Crippen LogP contribution >= 0.6 is 0 Å². The van der Waals surface area contributed by atoms with Gasteiger partial charge in [0, 0.05) is 6.20 Å². The number of hydrogen-bond donors (Lipinski definition) is 2. The normalized spacial score (nSPS) is 12.1. The molecule has 35 heavy (non-hydrogen) atoms. The number of aryl methyl sites for hydroxylation is 1. The van der Waals surface area contributed by atoms with Crippen LogP contribution in [0.5, 0.6) is 0 Å². The summed E-state index contributed by atoms with van der Waals surface area (Å²) in [5, 5.41) is 5.04. The summed E-state index contributed by atoms with van der Waals surface area (Å²) in [6, 6.07) is 26.8. The van der Waals surface area contributed by atoms with Crippen molar-refractivity contribution in [2.75, 3.05) is 5.32 Å². The van der Waals surface area contributed by atoms with Crippen molar-refractivity contribution in [3.63, 3.8) is 0 Å². The number of H-pyrrole nitrogens is 1. The minimum Gasteiger partial charge on any atom is -0.356 e. The van der Waals surface area contributed by atoms with E-state index in [2.05, 4.69) is 20.3 Å². The van der Waals surface area contributed by atoms with Gasteiger partial charge in [-0.25, -0.2) is 15.0 Å². The monoisotopic (exact) mass is 458 g/mol. The second kappa shape index (κ2) is 8.53. The molecule has 0 amide bonds. The number of anilines is 1. The topological polar surface area (TPSA) is 88.5 Å². The Morgan fingerprint density at radius 1 is 0.886 bits per heavy atom. The summed E-state index contributed by atoms with van der Waals surface area (Å²) < 4.78 is 1.70. The lowest BCUT2D eigenvalue weighted by atomic mass is 10.0. The molecule has 1 atom stereocenters. The molecular formula is C28H22N6O. The Hall–Kier alpha value is -4.78. The van der Waals surface area contributed by atoms with E-state index < -0.39 is 6.04 Å². The van der Waals surface area contributed by atoms with Crippen molar-refractivity contribution in [2.24, 2.45) is 0 Å². The fraction of sp³-hybridized carbons (Fsp3) is 0.0714. The number of benzene rings is 3. The van der Waals surface area contributed by atoms with E-state index in [0.29, 0.717) is 22.5 Å². The first kappa shape index (κ1) is 20.8. The maximum absolute atomic E-state index is 14.0. The van der Waals surface area contributed by atoms with Gasteiger partial charge in [0.2, 0.25) is 0 Å². The fourth-order valence-electron chi connectivity index (χ4n) is 4.50. The van der Waals surface area contributed by atoms with Gasteiger partial charge in [-0.2, -0.15) is 0 Å². The molecule has 0 spiro atoms. The van der Waals surface area contributed by atoms with E-state index in [1.54, 1.807) is 4.57 Å². The summed E-state index contributed by atoms with van der Waals surface area (Å²) >= 11 is 0. The Morgan fingerprint density at radius 2 is 1.66 bits per heavy atom. The first-order chi connectivity index (χ1) is 17.2. The number of aromatic nitrogens is 5. The van der Waals surface area contributed by atoms with Crippen molar-refractivity contribution < 1.29 is 0 Å². The van der Waals surface area contributed by atoms with Crippen molar-refractivity contribution in [1.82, 2.24) is 24.5 Å². The lowest BCUT2D eigenvalue weighted by Gasteiger charge is -2.24. The maximum atomic E-state index is 14.0. The highest BCUT2D eigenvalue weighted by Gasteiger charge is 2.24. The van der Waals surface area contributed by atoms with Crippen molar-refractivity contribution in [3.05, 3.63) is 125 Å². The second-order valence-electron chi connectivity index (χ2n) is 8.37. The molecule has 1 unspecified atom stereocenters. The zero-order valence-corrected chi connectivity index (χ0v) is 19.0. The van der Waals surface area contributed by atoms with Crippen molar-refractivity contribution in [3.8, 4) is 5.69 Å². The van der Waals surface area contributed by atoms with Gasteiger partial charge in [0.25, 0.3) is 5.56 Å². The van der Waals surface area contributed by atoms with Crippen LogP contribution in [0, 0.1) is 6.92 Å². The predicted octanol–water partition coefficient (Wildman–Crippen LogP) is 5.17. The molecule has 0 radical (unpaired) electrons. The largest absolute Gasteiger partial charge is 0.356 e. The second-order valence-corrected chi connectivity index (χ2v) is 8.37. The summed E-state index contributed by atoms with van der Waals surface area (Å²) in [6.07, 6.45) is 3.35. The number of hydrogen-bond acceptors (Lipinski definition) is 5. The van der Waals surface area contributed by atoms with Gasteiger partial charge in [-0.3, -0.25) is 9.36 Å². The van der Waals surface area contributed by atoms with Crippen LogP contribution in [0.1, 0.15) is 23.0 Å². The summed E-state index contributed by atoms with van der Waals surface area (Å²) in [6.45, 7) is 1.94. The van der Waals surface area contributed by atoms with Gasteiger partial charge in [-0.1, -0.05) is 60.7 Å². The summed E-state index contributed by atoms with van der Waals surface area (Å²) in [7, 11) is 0. The molecule has 2 N–H and O–H groups in total. The van der Waals surface area contributed by atoms with E-state index in [0.717, 1.165) is 27.8 Å². The molecule has 3 aromatic carbocycles. The summed E-state index contributed by atoms with van der Waals surface area (Å²) in [4.78, 5) is 31.0. The van der Waals surface area contributed by atoms with Crippen molar-refractivity contribution in [1.29, 1.82) is 0 Å². The average molecular weight is 459 g/mol. The quantitative estimate of drug-likeness (QED) is 0.372. The number of nitrogens with zero attached hydrogens (tertiary/aromatic N) is 4. The molecule has 3 heterocycles. The third-order valence-electron chi connectivity index (χ3n) is 6.17. The number of aromatic amines is 1. The predicted molar refractivity (Wildman–Crippen MR) is 138 cm³/mol. The van der Waals surface area contributed by atoms with E-state index in [1.165, 1.54) is 6.33 Å². The molecule has 0 bridgehead atoms. The number of rotatable bonds is 5. The molecule has 7 heteroatoms. The van der Waals surface area contributed by atoms with Crippen molar-refractivity contribution in [2.45, 2.75) is 13.0 Å². The molecular weight excluding hydrogens is 436 g/mol. The minimum atomic E-state index is -0.456. The molecule has 170 valence electrons. The molecule has 0 saturated carbocycles. The Labute approximate surface area is 201 Å². The van der Waals surface area contributed by atoms with E-state index in [-0.39, 0.29) is 5.56 Å². The Morgan fingerprint density at radius 3 is 2.46 bits per heavy atom. The van der Waals surface area contributed by atoms with Gasteiger partial charge >= 0.3 is 0 Å².